The summed E-state index contributed by atoms with van der Waals surface area (Å²) in [6.07, 6.45) is 1.44. The van der Waals surface area contributed by atoms with Crippen molar-refractivity contribution in [3.63, 3.8) is 0 Å². The molecule has 2 atom stereocenters. The second-order valence-electron chi connectivity index (χ2n) is 7.31. The molecule has 2 aromatic rings. The quantitative estimate of drug-likeness (QED) is 0.339. The average molecular weight is 413 g/mol. The molecule has 2 aliphatic rings. The first-order valence-electron chi connectivity index (χ1n) is 9.62. The van der Waals surface area contributed by atoms with Crippen molar-refractivity contribution in [1.29, 1.82) is 0 Å². The lowest BCUT2D eigenvalue weighted by Crippen LogP contribution is -2.31. The van der Waals surface area contributed by atoms with Crippen LogP contribution < -0.4 is 4.74 Å². The molecule has 3 heterocycles. The van der Waals surface area contributed by atoms with Gasteiger partial charge in [0.1, 0.15) is 17.6 Å². The van der Waals surface area contributed by atoms with Gasteiger partial charge in [-0.05, 0) is 48.6 Å². The van der Waals surface area contributed by atoms with E-state index in [2.05, 4.69) is 0 Å². The Morgan fingerprint density at radius 1 is 1.34 bits per heavy atom. The van der Waals surface area contributed by atoms with E-state index in [1.165, 1.54) is 16.2 Å². The van der Waals surface area contributed by atoms with Gasteiger partial charge in [-0.25, -0.2) is 0 Å². The Morgan fingerprint density at radius 2 is 2.17 bits per heavy atom. The first kappa shape index (κ1) is 19.7. The number of likely N-dealkylation sites (tertiary alicyclic amines) is 1. The van der Waals surface area contributed by atoms with Gasteiger partial charge < -0.3 is 19.5 Å². The van der Waals surface area contributed by atoms with Crippen LogP contribution in [0.5, 0.6) is 5.75 Å². The number of nitrogens with zero attached hydrogens (tertiary/aromatic N) is 1. The molecule has 152 valence electrons. The molecule has 2 unspecified atom stereocenters. The number of methoxy groups -OCH3 is 1. The van der Waals surface area contributed by atoms with Crippen molar-refractivity contribution < 1.29 is 24.2 Å². The minimum atomic E-state index is -0.650. The highest BCUT2D eigenvalue weighted by Crippen LogP contribution is 2.42. The highest BCUT2D eigenvalue weighted by atomic mass is 32.1. The highest BCUT2D eigenvalue weighted by molar-refractivity contribution is 7.10. The monoisotopic (exact) mass is 413 g/mol. The van der Waals surface area contributed by atoms with Crippen LogP contribution in [0.3, 0.4) is 0 Å². The number of hydrogen-bond donors (Lipinski definition) is 1. The molecule has 1 aromatic carbocycles. The topological polar surface area (TPSA) is 76.1 Å². The third-order valence-corrected chi connectivity index (χ3v) is 6.19. The number of hydrogen-bond acceptors (Lipinski definition) is 6. The van der Waals surface area contributed by atoms with E-state index in [9.17, 15) is 14.7 Å². The number of aliphatic hydroxyl groups excluding tert-OH is 1. The molecule has 0 bridgehead atoms. The summed E-state index contributed by atoms with van der Waals surface area (Å²) in [5.74, 6) is -0.579. The second-order valence-corrected chi connectivity index (χ2v) is 8.29. The summed E-state index contributed by atoms with van der Waals surface area (Å²) in [4.78, 5) is 28.0. The molecule has 1 N–H and O–H groups in total. The van der Waals surface area contributed by atoms with E-state index in [0.717, 1.165) is 22.6 Å². The third kappa shape index (κ3) is 3.56. The lowest BCUT2D eigenvalue weighted by atomic mass is 9.98. The molecule has 1 saturated heterocycles. The first-order valence-corrected chi connectivity index (χ1v) is 10.5. The Balaban J connectivity index is 1.76. The van der Waals surface area contributed by atoms with Crippen LogP contribution in [-0.4, -0.2) is 48.1 Å². The zero-order chi connectivity index (χ0) is 20.5. The van der Waals surface area contributed by atoms with Gasteiger partial charge in [0.15, 0.2) is 0 Å². The number of carbonyl (C=O) groups excluding carboxylic acids is 2. The summed E-state index contributed by atoms with van der Waals surface area (Å²) in [6, 6.07) is 8.56. The van der Waals surface area contributed by atoms with Crippen molar-refractivity contribution in [2.24, 2.45) is 0 Å². The highest BCUT2D eigenvalue weighted by Gasteiger charge is 2.46. The number of Topliss-reactive ketones (excluding diaryl/α,β-unsaturated/α-hetero) is 1. The molecule has 29 heavy (non-hydrogen) atoms. The van der Waals surface area contributed by atoms with E-state index in [1.807, 2.05) is 36.6 Å². The number of rotatable bonds is 6. The van der Waals surface area contributed by atoms with Crippen LogP contribution >= 0.6 is 11.3 Å². The number of ketones is 1. The van der Waals surface area contributed by atoms with Gasteiger partial charge in [0.25, 0.3) is 11.7 Å². The van der Waals surface area contributed by atoms with Crippen molar-refractivity contribution >= 4 is 28.8 Å². The van der Waals surface area contributed by atoms with Crippen molar-refractivity contribution in [1.82, 2.24) is 4.90 Å². The van der Waals surface area contributed by atoms with E-state index in [-0.39, 0.29) is 17.4 Å². The zero-order valence-electron chi connectivity index (χ0n) is 16.4. The minimum Gasteiger partial charge on any atom is -0.507 e. The zero-order valence-corrected chi connectivity index (χ0v) is 17.2. The standard InChI is InChI=1S/C22H23NO5S/c1-13-11-15-12-14(6-7-16(15)28-13)20(24)18-19(17-5-3-10-29-17)23(8-4-9-27-2)22(26)21(18)25/h3,5-7,10,12-13,19,24H,4,8-9,11H2,1-2H3/b20-18-. The SMILES string of the molecule is COCCCN1C(=O)C(=O)/C(=C(\O)c2ccc3c(c2)CC(C)O3)C1c1cccs1. The summed E-state index contributed by atoms with van der Waals surface area (Å²) in [6.45, 7) is 2.86. The van der Waals surface area contributed by atoms with Gasteiger partial charge in [-0.2, -0.15) is 0 Å². The maximum absolute atomic E-state index is 12.9. The van der Waals surface area contributed by atoms with Gasteiger partial charge in [0.2, 0.25) is 0 Å². The Hall–Kier alpha value is -2.64. The number of fused-ring (bicyclic) bond motifs is 1. The molecule has 0 saturated carbocycles. The summed E-state index contributed by atoms with van der Waals surface area (Å²) in [5.41, 5.74) is 1.66. The van der Waals surface area contributed by atoms with E-state index in [4.69, 9.17) is 9.47 Å². The average Bonchev–Trinajstić information content (AvgIpc) is 3.41. The van der Waals surface area contributed by atoms with Gasteiger partial charge in [-0.15, -0.1) is 11.3 Å². The molecule has 1 fully saturated rings. The van der Waals surface area contributed by atoms with Gasteiger partial charge >= 0.3 is 0 Å². The summed E-state index contributed by atoms with van der Waals surface area (Å²) >= 11 is 1.46. The van der Waals surface area contributed by atoms with Crippen molar-refractivity contribution in [2.45, 2.75) is 31.9 Å². The third-order valence-electron chi connectivity index (χ3n) is 5.27. The fourth-order valence-electron chi connectivity index (χ4n) is 3.96. The number of benzene rings is 1. The minimum absolute atomic E-state index is 0.0832. The van der Waals surface area contributed by atoms with Crippen molar-refractivity contribution in [2.75, 3.05) is 20.3 Å². The lowest BCUT2D eigenvalue weighted by molar-refractivity contribution is -0.140. The number of thiophene rings is 1. The first-order chi connectivity index (χ1) is 14.0. The Bertz CT molecular complexity index is 966. The fourth-order valence-corrected chi connectivity index (χ4v) is 4.80. The van der Waals surface area contributed by atoms with E-state index < -0.39 is 17.7 Å². The molecular formula is C22H23NO5S. The smallest absolute Gasteiger partial charge is 0.295 e. The summed E-state index contributed by atoms with van der Waals surface area (Å²) in [7, 11) is 1.60. The van der Waals surface area contributed by atoms with Crippen LogP contribution in [0.4, 0.5) is 0 Å². The summed E-state index contributed by atoms with van der Waals surface area (Å²) < 4.78 is 10.8. The largest absolute Gasteiger partial charge is 0.507 e. The molecule has 0 radical (unpaired) electrons. The van der Waals surface area contributed by atoms with Crippen molar-refractivity contribution in [3.8, 4) is 5.75 Å². The van der Waals surface area contributed by atoms with Gasteiger partial charge in [0.05, 0.1) is 11.6 Å². The van der Waals surface area contributed by atoms with Crippen LogP contribution in [-0.2, 0) is 20.7 Å². The Labute approximate surface area is 173 Å². The second kappa shape index (κ2) is 8.00. The van der Waals surface area contributed by atoms with Gasteiger partial charge in [-0.1, -0.05) is 6.07 Å². The van der Waals surface area contributed by atoms with Crippen LogP contribution in [0.2, 0.25) is 0 Å². The fraction of sp³-hybridized carbons (Fsp3) is 0.364. The molecule has 0 spiro atoms. The molecule has 6 nitrogen and oxygen atoms in total. The number of aliphatic hydroxyl groups is 1. The molecule has 1 amide bonds. The molecule has 0 aliphatic carbocycles. The van der Waals surface area contributed by atoms with E-state index in [0.29, 0.717) is 25.1 Å². The Kier molecular flexibility index (Phi) is 5.43. The van der Waals surface area contributed by atoms with Gasteiger partial charge in [-0.3, -0.25) is 9.59 Å². The number of amides is 1. The number of carbonyl (C=O) groups is 2. The van der Waals surface area contributed by atoms with Crippen LogP contribution in [0.1, 0.15) is 35.4 Å². The molecule has 2 aliphatic heterocycles. The van der Waals surface area contributed by atoms with Crippen molar-refractivity contribution in [3.05, 3.63) is 57.3 Å². The Morgan fingerprint density at radius 3 is 2.90 bits per heavy atom. The number of ether oxygens (including phenoxy) is 2. The van der Waals surface area contributed by atoms with Crippen LogP contribution in [0.15, 0.2) is 41.3 Å². The van der Waals surface area contributed by atoms with Crippen LogP contribution in [0.25, 0.3) is 5.76 Å². The van der Waals surface area contributed by atoms with E-state index in [1.54, 1.807) is 13.2 Å². The molecular weight excluding hydrogens is 390 g/mol. The summed E-state index contributed by atoms with van der Waals surface area (Å²) in [5, 5.41) is 13.0. The lowest BCUT2D eigenvalue weighted by Gasteiger charge is -2.24. The predicted molar refractivity (Wildman–Crippen MR) is 110 cm³/mol. The molecule has 7 heteroatoms. The normalized spacial score (nSPS) is 22.8. The van der Waals surface area contributed by atoms with Crippen LogP contribution in [0, 0.1) is 0 Å². The maximum Gasteiger partial charge on any atom is 0.295 e. The van der Waals surface area contributed by atoms with Gasteiger partial charge in [0, 0.05) is 37.1 Å². The molecule has 1 aromatic heterocycles. The van der Waals surface area contributed by atoms with E-state index >= 15 is 0 Å². The molecule has 4 rings (SSSR count). The maximum atomic E-state index is 12.9. The predicted octanol–water partition coefficient (Wildman–Crippen LogP) is 3.53.